The maximum atomic E-state index is 11.4. The smallest absolute Gasteiger partial charge is 0.341 e. The van der Waals surface area contributed by atoms with Crippen molar-refractivity contribution in [2.24, 2.45) is 0 Å². The molecule has 0 aromatic carbocycles. The van der Waals surface area contributed by atoms with Crippen LogP contribution in [0.3, 0.4) is 0 Å². The largest absolute Gasteiger partial charge is 0.467 e. The van der Waals surface area contributed by atoms with Gasteiger partial charge in [-0.3, -0.25) is 4.79 Å². The second kappa shape index (κ2) is 6.38. The molecule has 0 radical (unpaired) electrons. The van der Waals surface area contributed by atoms with Crippen LogP contribution in [0.15, 0.2) is 16.7 Å². The van der Waals surface area contributed by atoms with Gasteiger partial charge >= 0.3 is 5.97 Å². The molecule has 0 saturated heterocycles. The Morgan fingerprint density at radius 1 is 1.47 bits per heavy atom. The number of hydrogen-bond donors (Lipinski definition) is 2. The van der Waals surface area contributed by atoms with Crippen molar-refractivity contribution in [2.75, 3.05) is 13.7 Å². The third kappa shape index (κ3) is 4.40. The highest BCUT2D eigenvalue weighted by atomic mass is 16.5. The van der Waals surface area contributed by atoms with Crippen LogP contribution in [0.5, 0.6) is 0 Å². The Labute approximate surface area is 111 Å². The van der Waals surface area contributed by atoms with Crippen molar-refractivity contribution in [2.45, 2.75) is 31.8 Å². The number of esters is 1. The van der Waals surface area contributed by atoms with Crippen LogP contribution in [-0.2, 0) is 16.1 Å². The van der Waals surface area contributed by atoms with Crippen LogP contribution in [0.1, 0.15) is 35.4 Å². The quantitative estimate of drug-likeness (QED) is 0.564. The van der Waals surface area contributed by atoms with Gasteiger partial charge in [-0.2, -0.15) is 0 Å². The topological polar surface area (TPSA) is 80.6 Å². The Balaban J connectivity index is 1.63. The highest BCUT2D eigenvalue weighted by Gasteiger charge is 2.22. The molecule has 0 spiro atoms. The van der Waals surface area contributed by atoms with Crippen LogP contribution >= 0.6 is 0 Å². The Bertz CT molecular complexity index is 451. The minimum absolute atomic E-state index is 0.0738. The molecule has 0 bridgehead atoms. The molecule has 19 heavy (non-hydrogen) atoms. The summed E-state index contributed by atoms with van der Waals surface area (Å²) in [4.78, 5) is 22.6. The molecule has 1 amide bonds. The number of hydrogen-bond acceptors (Lipinski definition) is 5. The maximum absolute atomic E-state index is 11.4. The van der Waals surface area contributed by atoms with Crippen molar-refractivity contribution < 1.29 is 18.7 Å². The molecule has 6 heteroatoms. The fraction of sp³-hybridized carbons (Fsp3) is 0.538. The highest BCUT2D eigenvalue weighted by molar-refractivity contribution is 5.88. The van der Waals surface area contributed by atoms with Crippen molar-refractivity contribution in [1.29, 1.82) is 0 Å². The van der Waals surface area contributed by atoms with Crippen molar-refractivity contribution in [1.82, 2.24) is 10.6 Å². The lowest BCUT2D eigenvalue weighted by Crippen LogP contribution is -2.28. The van der Waals surface area contributed by atoms with Crippen LogP contribution < -0.4 is 10.6 Å². The van der Waals surface area contributed by atoms with Gasteiger partial charge in [0, 0.05) is 19.0 Å². The standard InChI is InChI=1S/C13H18N2O4/c1-18-13(17)9-6-11(19-8-9)7-14-5-4-12(16)15-10-2-3-10/h6,8,10,14H,2-5,7H2,1H3,(H,15,16). The molecular weight excluding hydrogens is 248 g/mol. The Morgan fingerprint density at radius 2 is 2.26 bits per heavy atom. The number of nitrogens with one attached hydrogen (secondary N) is 2. The summed E-state index contributed by atoms with van der Waals surface area (Å²) >= 11 is 0. The first kappa shape index (κ1) is 13.6. The van der Waals surface area contributed by atoms with E-state index in [9.17, 15) is 9.59 Å². The second-order valence-electron chi connectivity index (χ2n) is 4.56. The average Bonchev–Trinajstić information content (AvgIpc) is 3.08. The molecule has 104 valence electrons. The summed E-state index contributed by atoms with van der Waals surface area (Å²) in [6.45, 7) is 1.06. The molecule has 1 fully saturated rings. The van der Waals surface area contributed by atoms with Gasteiger partial charge in [0.05, 0.1) is 19.2 Å². The van der Waals surface area contributed by atoms with Gasteiger partial charge in [-0.25, -0.2) is 4.79 Å². The predicted octanol–water partition coefficient (Wildman–Crippen LogP) is 0.824. The fourth-order valence-corrected chi connectivity index (χ4v) is 1.64. The first-order valence-electron chi connectivity index (χ1n) is 6.35. The van der Waals surface area contributed by atoms with E-state index in [0.717, 1.165) is 12.8 Å². The Hall–Kier alpha value is -1.82. The number of carbonyl (C=O) groups is 2. The van der Waals surface area contributed by atoms with Crippen LogP contribution in [-0.4, -0.2) is 31.6 Å². The average molecular weight is 266 g/mol. The summed E-state index contributed by atoms with van der Waals surface area (Å²) in [6, 6.07) is 2.03. The molecule has 1 aromatic rings. The molecule has 1 saturated carbocycles. The van der Waals surface area contributed by atoms with E-state index in [4.69, 9.17) is 4.42 Å². The maximum Gasteiger partial charge on any atom is 0.341 e. The van der Waals surface area contributed by atoms with Crippen molar-refractivity contribution in [3.8, 4) is 0 Å². The first-order valence-corrected chi connectivity index (χ1v) is 6.35. The second-order valence-corrected chi connectivity index (χ2v) is 4.56. The summed E-state index contributed by atoms with van der Waals surface area (Å²) in [5.74, 6) is 0.298. The van der Waals surface area contributed by atoms with E-state index in [2.05, 4.69) is 15.4 Å². The van der Waals surface area contributed by atoms with Gasteiger partial charge in [0.15, 0.2) is 0 Å². The SMILES string of the molecule is COC(=O)c1coc(CNCCC(=O)NC2CC2)c1. The van der Waals surface area contributed by atoms with E-state index in [0.29, 0.717) is 36.9 Å². The van der Waals surface area contributed by atoms with Crippen molar-refractivity contribution >= 4 is 11.9 Å². The zero-order valence-electron chi connectivity index (χ0n) is 10.9. The van der Waals surface area contributed by atoms with Crippen LogP contribution in [0, 0.1) is 0 Å². The first-order chi connectivity index (χ1) is 9.19. The molecule has 1 aromatic heterocycles. The summed E-state index contributed by atoms with van der Waals surface area (Å²) < 4.78 is 9.78. The van der Waals surface area contributed by atoms with Gasteiger partial charge in [0.2, 0.25) is 5.91 Å². The van der Waals surface area contributed by atoms with Crippen LogP contribution in [0.4, 0.5) is 0 Å². The van der Waals surface area contributed by atoms with E-state index >= 15 is 0 Å². The monoisotopic (exact) mass is 266 g/mol. The lowest BCUT2D eigenvalue weighted by atomic mass is 10.3. The number of furan rings is 1. The van der Waals surface area contributed by atoms with Crippen molar-refractivity contribution in [3.05, 3.63) is 23.7 Å². The van der Waals surface area contributed by atoms with Crippen LogP contribution in [0.2, 0.25) is 0 Å². The number of rotatable bonds is 7. The summed E-state index contributed by atoms with van der Waals surface area (Å²) in [5.41, 5.74) is 0.394. The van der Waals surface area contributed by atoms with Gasteiger partial charge in [-0.05, 0) is 18.9 Å². The number of ether oxygens (including phenoxy) is 1. The lowest BCUT2D eigenvalue weighted by Gasteiger charge is -2.03. The molecule has 2 rings (SSSR count). The molecule has 6 nitrogen and oxygen atoms in total. The molecule has 1 aliphatic carbocycles. The minimum atomic E-state index is -0.418. The molecule has 1 heterocycles. The molecule has 1 aliphatic rings. The highest BCUT2D eigenvalue weighted by Crippen LogP contribution is 2.18. The van der Waals surface area contributed by atoms with E-state index < -0.39 is 5.97 Å². The van der Waals surface area contributed by atoms with E-state index in [1.165, 1.54) is 13.4 Å². The number of amides is 1. The minimum Gasteiger partial charge on any atom is -0.467 e. The Morgan fingerprint density at radius 3 is 2.95 bits per heavy atom. The van der Waals surface area contributed by atoms with Gasteiger partial charge in [0.25, 0.3) is 0 Å². The fourth-order valence-electron chi connectivity index (χ4n) is 1.64. The van der Waals surface area contributed by atoms with E-state index in [-0.39, 0.29) is 5.91 Å². The number of methoxy groups -OCH3 is 1. The van der Waals surface area contributed by atoms with Gasteiger partial charge in [0.1, 0.15) is 12.0 Å². The van der Waals surface area contributed by atoms with Crippen LogP contribution in [0.25, 0.3) is 0 Å². The molecule has 0 aliphatic heterocycles. The Kier molecular flexibility index (Phi) is 4.57. The summed E-state index contributed by atoms with van der Waals surface area (Å²) in [6.07, 6.45) is 4.01. The lowest BCUT2D eigenvalue weighted by molar-refractivity contribution is -0.121. The third-order valence-electron chi connectivity index (χ3n) is 2.85. The molecule has 2 N–H and O–H groups in total. The molecule has 0 atom stereocenters. The zero-order chi connectivity index (χ0) is 13.7. The zero-order valence-corrected chi connectivity index (χ0v) is 10.9. The number of carbonyl (C=O) groups excluding carboxylic acids is 2. The van der Waals surface area contributed by atoms with Gasteiger partial charge in [-0.15, -0.1) is 0 Å². The molecule has 0 unspecified atom stereocenters. The predicted molar refractivity (Wildman–Crippen MR) is 67.5 cm³/mol. The van der Waals surface area contributed by atoms with Crippen molar-refractivity contribution in [3.63, 3.8) is 0 Å². The summed E-state index contributed by atoms with van der Waals surface area (Å²) in [5, 5.41) is 6.01. The molecular formula is C13H18N2O4. The normalized spacial score (nSPS) is 14.2. The summed E-state index contributed by atoms with van der Waals surface area (Å²) in [7, 11) is 1.33. The van der Waals surface area contributed by atoms with E-state index in [1.807, 2.05) is 0 Å². The third-order valence-corrected chi connectivity index (χ3v) is 2.85. The van der Waals surface area contributed by atoms with Gasteiger partial charge in [-0.1, -0.05) is 0 Å². The van der Waals surface area contributed by atoms with Gasteiger partial charge < -0.3 is 19.8 Å². The van der Waals surface area contributed by atoms with E-state index in [1.54, 1.807) is 6.07 Å².